The van der Waals surface area contributed by atoms with Crippen LogP contribution < -0.4 is 4.74 Å². The molecule has 0 atom stereocenters. The van der Waals surface area contributed by atoms with Crippen LogP contribution in [-0.2, 0) is 16.6 Å². The predicted molar refractivity (Wildman–Crippen MR) is 111 cm³/mol. The number of methoxy groups -OCH3 is 1. The van der Waals surface area contributed by atoms with E-state index in [1.54, 1.807) is 26.0 Å². The molecule has 0 saturated carbocycles. The lowest BCUT2D eigenvalue weighted by Crippen LogP contribution is -2.50. The zero-order chi connectivity index (χ0) is 23.6. The van der Waals surface area contributed by atoms with Gasteiger partial charge in [-0.3, -0.25) is 4.79 Å². The molecule has 1 aliphatic heterocycles. The fraction of sp³-hybridized carbons (Fsp3) is 0.474. The predicted octanol–water partition coefficient (Wildman–Crippen LogP) is 0.952. The minimum Gasteiger partial charge on any atom is -0.497 e. The number of sulfonamides is 1. The highest BCUT2D eigenvalue weighted by atomic mass is 32.2. The number of benzene rings is 1. The number of amides is 2. The molecule has 1 saturated heterocycles. The number of aromatic nitrogens is 2. The Labute approximate surface area is 185 Å². The average Bonchev–Trinajstić information content (AvgIpc) is 3.20. The number of carbonyl (C=O) groups excluding carboxylic acids is 1. The second-order valence-corrected chi connectivity index (χ2v) is 9.40. The van der Waals surface area contributed by atoms with Gasteiger partial charge in [0.1, 0.15) is 5.75 Å². The Morgan fingerprint density at radius 3 is 2.22 bits per heavy atom. The van der Waals surface area contributed by atoms with Gasteiger partial charge in [-0.2, -0.15) is 4.31 Å². The SMILES string of the molecule is COc1cc(C)c(S(=O)(=O)N(C)Cc2nnc(C(=O)N3CCN(C(=O)O)CC3)o2)c(C)c1. The van der Waals surface area contributed by atoms with E-state index < -0.39 is 22.0 Å². The summed E-state index contributed by atoms with van der Waals surface area (Å²) in [6, 6.07) is 3.28. The number of carboxylic acid groups (broad SMARTS) is 1. The minimum atomic E-state index is -3.88. The normalized spacial score (nSPS) is 14.7. The van der Waals surface area contributed by atoms with Crippen LogP contribution >= 0.6 is 0 Å². The number of piperazine rings is 1. The molecule has 2 heterocycles. The second-order valence-electron chi connectivity index (χ2n) is 7.41. The fourth-order valence-electron chi connectivity index (χ4n) is 3.51. The van der Waals surface area contributed by atoms with Crippen molar-refractivity contribution in [3.63, 3.8) is 0 Å². The molecular weight excluding hydrogens is 442 g/mol. The summed E-state index contributed by atoms with van der Waals surface area (Å²) in [7, 11) is -0.983. The lowest BCUT2D eigenvalue weighted by atomic mass is 10.1. The Bertz CT molecular complexity index is 1100. The molecule has 3 rings (SSSR count). The van der Waals surface area contributed by atoms with E-state index in [1.165, 1.54) is 24.0 Å². The fourth-order valence-corrected chi connectivity index (χ4v) is 5.03. The van der Waals surface area contributed by atoms with Gasteiger partial charge >= 0.3 is 17.9 Å². The smallest absolute Gasteiger partial charge is 0.407 e. The summed E-state index contributed by atoms with van der Waals surface area (Å²) in [4.78, 5) is 26.3. The van der Waals surface area contributed by atoms with Crippen molar-refractivity contribution < 1.29 is 32.3 Å². The number of hydrogen-bond acceptors (Lipinski definition) is 8. The van der Waals surface area contributed by atoms with Gasteiger partial charge in [-0.25, -0.2) is 13.2 Å². The van der Waals surface area contributed by atoms with Gasteiger partial charge in [-0.05, 0) is 37.1 Å². The lowest BCUT2D eigenvalue weighted by molar-refractivity contribution is 0.0586. The Morgan fingerprint density at radius 2 is 1.69 bits per heavy atom. The number of ether oxygens (including phenoxy) is 1. The van der Waals surface area contributed by atoms with E-state index in [1.807, 2.05) is 0 Å². The maximum absolute atomic E-state index is 13.1. The van der Waals surface area contributed by atoms with Gasteiger partial charge in [0.05, 0.1) is 18.6 Å². The highest BCUT2D eigenvalue weighted by Crippen LogP contribution is 2.28. The van der Waals surface area contributed by atoms with Crippen LogP contribution in [0.25, 0.3) is 0 Å². The van der Waals surface area contributed by atoms with E-state index in [0.717, 1.165) is 4.31 Å². The standard InChI is InChI=1S/C19H25N5O7S/c1-12-9-14(30-4)10-13(2)16(12)32(28,29)22(3)11-15-20-21-17(31-15)18(25)23-5-7-24(8-6-23)19(26)27/h9-10H,5-8,11H2,1-4H3,(H,26,27). The minimum absolute atomic E-state index is 0.0348. The average molecular weight is 468 g/mol. The molecule has 12 nitrogen and oxygen atoms in total. The zero-order valence-corrected chi connectivity index (χ0v) is 19.0. The first-order valence-corrected chi connectivity index (χ1v) is 11.2. The Kier molecular flexibility index (Phi) is 6.69. The second kappa shape index (κ2) is 9.12. The topological polar surface area (TPSA) is 146 Å². The molecule has 1 N–H and O–H groups in total. The largest absolute Gasteiger partial charge is 0.497 e. The zero-order valence-electron chi connectivity index (χ0n) is 18.2. The number of rotatable bonds is 6. The van der Waals surface area contributed by atoms with Gasteiger partial charge in [0.2, 0.25) is 15.9 Å². The molecule has 0 radical (unpaired) electrons. The van der Waals surface area contributed by atoms with Crippen molar-refractivity contribution in [2.45, 2.75) is 25.3 Å². The van der Waals surface area contributed by atoms with Crippen molar-refractivity contribution in [2.75, 3.05) is 40.3 Å². The molecule has 0 bridgehead atoms. The van der Waals surface area contributed by atoms with Gasteiger partial charge in [-0.15, -0.1) is 10.2 Å². The summed E-state index contributed by atoms with van der Waals surface area (Å²) in [6.45, 7) is 3.92. The van der Waals surface area contributed by atoms with Crippen molar-refractivity contribution in [1.29, 1.82) is 0 Å². The quantitative estimate of drug-likeness (QED) is 0.656. The van der Waals surface area contributed by atoms with Crippen molar-refractivity contribution >= 4 is 22.0 Å². The molecule has 174 valence electrons. The van der Waals surface area contributed by atoms with Crippen LogP contribution in [0.5, 0.6) is 5.75 Å². The molecular formula is C19H25N5O7S. The van der Waals surface area contributed by atoms with Crippen molar-refractivity contribution in [1.82, 2.24) is 24.3 Å². The molecule has 2 aromatic rings. The van der Waals surface area contributed by atoms with Crippen molar-refractivity contribution in [3.05, 3.63) is 35.0 Å². The van der Waals surface area contributed by atoms with Gasteiger partial charge in [0.25, 0.3) is 0 Å². The van der Waals surface area contributed by atoms with Crippen LogP contribution in [0.2, 0.25) is 0 Å². The van der Waals surface area contributed by atoms with E-state index >= 15 is 0 Å². The van der Waals surface area contributed by atoms with Gasteiger partial charge in [0.15, 0.2) is 0 Å². The highest BCUT2D eigenvalue weighted by Gasteiger charge is 2.30. The molecule has 0 aliphatic carbocycles. The summed E-state index contributed by atoms with van der Waals surface area (Å²) in [5.74, 6) is -0.272. The summed E-state index contributed by atoms with van der Waals surface area (Å²) in [6.07, 6.45) is -1.04. The molecule has 0 spiro atoms. The van der Waals surface area contributed by atoms with E-state index in [0.29, 0.717) is 16.9 Å². The van der Waals surface area contributed by atoms with Gasteiger partial charge < -0.3 is 24.1 Å². The molecule has 0 unspecified atom stereocenters. The van der Waals surface area contributed by atoms with Gasteiger partial charge in [-0.1, -0.05) is 0 Å². The first-order chi connectivity index (χ1) is 15.0. The maximum atomic E-state index is 13.1. The molecule has 1 aromatic carbocycles. The third-order valence-corrected chi connectivity index (χ3v) is 7.29. The lowest BCUT2D eigenvalue weighted by Gasteiger charge is -2.32. The Morgan fingerprint density at radius 1 is 1.12 bits per heavy atom. The van der Waals surface area contributed by atoms with E-state index in [4.69, 9.17) is 14.3 Å². The summed E-state index contributed by atoms with van der Waals surface area (Å²) in [5, 5.41) is 16.5. The molecule has 2 amide bonds. The third-order valence-electron chi connectivity index (χ3n) is 5.18. The van der Waals surface area contributed by atoms with E-state index in [-0.39, 0.29) is 49.4 Å². The number of nitrogens with zero attached hydrogens (tertiary/aromatic N) is 5. The van der Waals surface area contributed by atoms with Crippen LogP contribution in [0, 0.1) is 13.8 Å². The third kappa shape index (κ3) is 4.67. The van der Waals surface area contributed by atoms with Crippen LogP contribution in [0.1, 0.15) is 27.7 Å². The van der Waals surface area contributed by atoms with E-state index in [9.17, 15) is 18.0 Å². The molecule has 1 fully saturated rings. The van der Waals surface area contributed by atoms with Crippen LogP contribution in [0.4, 0.5) is 4.79 Å². The Balaban J connectivity index is 1.71. The van der Waals surface area contributed by atoms with Crippen LogP contribution in [0.3, 0.4) is 0 Å². The van der Waals surface area contributed by atoms with Gasteiger partial charge in [0, 0.05) is 33.2 Å². The Hall–Kier alpha value is -3.19. The first-order valence-electron chi connectivity index (χ1n) is 9.75. The van der Waals surface area contributed by atoms with Crippen molar-refractivity contribution in [3.8, 4) is 5.75 Å². The number of aryl methyl sites for hydroxylation is 2. The maximum Gasteiger partial charge on any atom is 0.407 e. The van der Waals surface area contributed by atoms with Crippen LogP contribution in [0.15, 0.2) is 21.4 Å². The highest BCUT2D eigenvalue weighted by molar-refractivity contribution is 7.89. The summed E-state index contributed by atoms with van der Waals surface area (Å²) < 4.78 is 37.9. The monoisotopic (exact) mass is 467 g/mol. The molecule has 1 aliphatic rings. The molecule has 32 heavy (non-hydrogen) atoms. The number of carbonyl (C=O) groups is 2. The molecule has 13 heteroatoms. The molecule has 1 aromatic heterocycles. The summed E-state index contributed by atoms with van der Waals surface area (Å²) >= 11 is 0. The first kappa shape index (κ1) is 23.5. The number of hydrogen-bond donors (Lipinski definition) is 1. The van der Waals surface area contributed by atoms with E-state index in [2.05, 4.69) is 10.2 Å². The van der Waals surface area contributed by atoms with Crippen LogP contribution in [-0.4, -0.2) is 90.2 Å². The van der Waals surface area contributed by atoms with Crippen molar-refractivity contribution in [2.24, 2.45) is 0 Å². The summed E-state index contributed by atoms with van der Waals surface area (Å²) in [5.41, 5.74) is 1.08.